The first-order valence-corrected chi connectivity index (χ1v) is 6.13. The first kappa shape index (κ1) is 14.5. The lowest BCUT2D eigenvalue weighted by Gasteiger charge is -2.39. The first-order valence-electron chi connectivity index (χ1n) is 6.13. The number of carbonyl (C=O) groups is 2. The van der Waals surface area contributed by atoms with Gasteiger partial charge in [0.05, 0.1) is 0 Å². The van der Waals surface area contributed by atoms with Crippen molar-refractivity contribution in [2.75, 3.05) is 0 Å². The molecule has 0 aromatic carbocycles. The van der Waals surface area contributed by atoms with Crippen LogP contribution in [-0.2, 0) is 9.59 Å². The Bertz CT molecular complexity index is 445. The Morgan fingerprint density at radius 2 is 2.00 bits per heavy atom. The number of Topliss-reactive ketones (excluding diaryl/α,β-unsaturated/α-hetero) is 2. The molecule has 0 N–H and O–H groups in total. The molecule has 0 spiro atoms. The van der Waals surface area contributed by atoms with Gasteiger partial charge in [-0.2, -0.15) is 4.79 Å². The van der Waals surface area contributed by atoms with Gasteiger partial charge in [-0.25, -0.2) is 0 Å². The normalized spacial score (nSPS) is 25.6. The highest BCUT2D eigenvalue weighted by atomic mass is 16.1. The molecule has 0 amide bonds. The van der Waals surface area contributed by atoms with Crippen LogP contribution in [0, 0.1) is 10.8 Å². The Hall–Kier alpha value is -1.54. The summed E-state index contributed by atoms with van der Waals surface area (Å²) in [6.45, 7) is 10.2. The van der Waals surface area contributed by atoms with E-state index in [1.165, 1.54) is 0 Å². The molecule has 18 heavy (non-hydrogen) atoms. The van der Waals surface area contributed by atoms with Gasteiger partial charge in [0, 0.05) is 24.7 Å². The van der Waals surface area contributed by atoms with Crippen molar-refractivity contribution in [1.82, 2.24) is 0 Å². The van der Waals surface area contributed by atoms with E-state index in [4.69, 9.17) is 5.53 Å². The molecule has 1 aliphatic rings. The molecule has 4 nitrogen and oxygen atoms in total. The van der Waals surface area contributed by atoms with Gasteiger partial charge in [0.2, 0.25) is 5.78 Å². The third-order valence-corrected chi connectivity index (χ3v) is 4.34. The smallest absolute Gasteiger partial charge is 0.323 e. The van der Waals surface area contributed by atoms with E-state index in [2.05, 4.69) is 25.2 Å². The van der Waals surface area contributed by atoms with E-state index in [1.807, 2.05) is 6.92 Å². The van der Waals surface area contributed by atoms with Gasteiger partial charge in [0.1, 0.15) is 5.78 Å². The van der Waals surface area contributed by atoms with E-state index in [1.54, 1.807) is 0 Å². The molecule has 0 aromatic rings. The molecule has 4 heteroatoms. The summed E-state index contributed by atoms with van der Waals surface area (Å²) in [6.07, 6.45) is 2.76. The van der Waals surface area contributed by atoms with Gasteiger partial charge >= 0.3 is 6.21 Å². The Morgan fingerprint density at radius 1 is 1.39 bits per heavy atom. The summed E-state index contributed by atoms with van der Waals surface area (Å²) in [5.74, 6) is 0.0243. The van der Waals surface area contributed by atoms with Crippen LogP contribution in [0.25, 0.3) is 5.53 Å². The van der Waals surface area contributed by atoms with Crippen LogP contribution < -0.4 is 0 Å². The predicted octanol–water partition coefficient (Wildman–Crippen LogP) is 2.59. The van der Waals surface area contributed by atoms with E-state index >= 15 is 0 Å². The van der Waals surface area contributed by atoms with Crippen molar-refractivity contribution in [3.63, 3.8) is 0 Å². The highest BCUT2D eigenvalue weighted by Crippen LogP contribution is 2.55. The molecule has 1 unspecified atom stereocenters. The molecule has 0 bridgehead atoms. The minimum absolute atomic E-state index is 0.116. The average molecular weight is 248 g/mol. The van der Waals surface area contributed by atoms with Gasteiger partial charge in [0.25, 0.3) is 0 Å². The van der Waals surface area contributed by atoms with Crippen molar-refractivity contribution >= 4 is 17.8 Å². The van der Waals surface area contributed by atoms with Gasteiger partial charge < -0.3 is 5.53 Å². The van der Waals surface area contributed by atoms with Gasteiger partial charge in [-0.05, 0) is 11.8 Å². The maximum Gasteiger partial charge on any atom is 0.323 e. The van der Waals surface area contributed by atoms with Crippen LogP contribution in [0.4, 0.5) is 0 Å². The lowest BCUT2D eigenvalue weighted by molar-refractivity contribution is -0.118. The van der Waals surface area contributed by atoms with Crippen LogP contribution in [0.1, 0.15) is 46.5 Å². The average Bonchev–Trinajstić information content (AvgIpc) is 2.45. The number of ketones is 2. The molecule has 1 aliphatic carbocycles. The molecule has 1 fully saturated rings. The van der Waals surface area contributed by atoms with Crippen molar-refractivity contribution in [3.05, 3.63) is 17.7 Å². The van der Waals surface area contributed by atoms with Crippen molar-refractivity contribution in [2.24, 2.45) is 10.8 Å². The molecular formula is C14H20N2O2. The predicted molar refractivity (Wildman–Crippen MR) is 69.2 cm³/mol. The molecule has 1 rings (SSSR count). The first-order chi connectivity index (χ1) is 8.23. The molecule has 0 radical (unpaired) electrons. The number of allylic oxidation sites excluding steroid dienone is 1. The summed E-state index contributed by atoms with van der Waals surface area (Å²) in [5, 5.41) is 0. The SMILES string of the molecule is C=C(CCC(=O)C=[N+]=[N-])C1(C)CC(=O)CC1(C)C. The molecule has 0 aliphatic heterocycles. The Balaban J connectivity index is 2.75. The summed E-state index contributed by atoms with van der Waals surface area (Å²) in [6, 6.07) is 0. The van der Waals surface area contributed by atoms with Gasteiger partial charge in [-0.15, -0.1) is 0 Å². The zero-order valence-corrected chi connectivity index (χ0v) is 11.3. The third kappa shape index (κ3) is 2.65. The molecule has 1 saturated carbocycles. The van der Waals surface area contributed by atoms with E-state index in [0.29, 0.717) is 19.3 Å². The highest BCUT2D eigenvalue weighted by Gasteiger charge is 2.50. The van der Waals surface area contributed by atoms with Crippen molar-refractivity contribution in [1.29, 1.82) is 0 Å². The monoisotopic (exact) mass is 248 g/mol. The fraction of sp³-hybridized carbons (Fsp3) is 0.643. The quantitative estimate of drug-likeness (QED) is 0.325. The van der Waals surface area contributed by atoms with Crippen LogP contribution in [0.15, 0.2) is 12.2 Å². The van der Waals surface area contributed by atoms with Crippen molar-refractivity contribution in [2.45, 2.75) is 46.5 Å². The zero-order valence-electron chi connectivity index (χ0n) is 11.3. The lowest BCUT2D eigenvalue weighted by Crippen LogP contribution is -2.31. The van der Waals surface area contributed by atoms with E-state index in [0.717, 1.165) is 11.8 Å². The maximum atomic E-state index is 11.7. The number of hydrogen-bond acceptors (Lipinski definition) is 2. The topological polar surface area (TPSA) is 70.5 Å². The van der Waals surface area contributed by atoms with Crippen LogP contribution in [0.2, 0.25) is 0 Å². The van der Waals surface area contributed by atoms with Gasteiger partial charge in [0.15, 0.2) is 0 Å². The number of rotatable bonds is 5. The minimum atomic E-state index is -0.249. The van der Waals surface area contributed by atoms with Crippen LogP contribution in [-0.4, -0.2) is 22.6 Å². The largest absolute Gasteiger partial charge is 0.361 e. The minimum Gasteiger partial charge on any atom is -0.361 e. The molecule has 0 saturated heterocycles. The zero-order chi connectivity index (χ0) is 14.0. The highest BCUT2D eigenvalue weighted by molar-refractivity contribution is 6.25. The van der Waals surface area contributed by atoms with Crippen LogP contribution >= 0.6 is 0 Å². The lowest BCUT2D eigenvalue weighted by atomic mass is 9.64. The molecule has 98 valence electrons. The van der Waals surface area contributed by atoms with Crippen LogP contribution in [0.3, 0.4) is 0 Å². The Morgan fingerprint density at radius 3 is 2.44 bits per heavy atom. The second-order valence-corrected chi connectivity index (χ2v) is 5.92. The summed E-state index contributed by atoms with van der Waals surface area (Å²) in [5.41, 5.74) is 8.83. The second kappa shape index (κ2) is 4.99. The number of nitrogens with zero attached hydrogens (tertiary/aromatic N) is 2. The van der Waals surface area contributed by atoms with E-state index < -0.39 is 0 Å². The summed E-state index contributed by atoms with van der Waals surface area (Å²) >= 11 is 0. The summed E-state index contributed by atoms with van der Waals surface area (Å²) in [7, 11) is 0. The van der Waals surface area contributed by atoms with Crippen molar-refractivity contribution in [3.8, 4) is 0 Å². The fourth-order valence-electron chi connectivity index (χ4n) is 2.67. The third-order valence-electron chi connectivity index (χ3n) is 4.34. The molecular weight excluding hydrogens is 228 g/mol. The summed E-state index contributed by atoms with van der Waals surface area (Å²) < 4.78 is 0. The maximum absolute atomic E-state index is 11.7. The second-order valence-electron chi connectivity index (χ2n) is 5.92. The Labute approximate surface area is 108 Å². The standard InChI is InChI=1S/C14H20N2O2/c1-10(5-6-11(17)9-16-15)14(4)8-12(18)7-13(14,2)3/h9H,1,5-8H2,2-4H3. The molecule has 0 aromatic heterocycles. The van der Waals surface area contributed by atoms with Gasteiger partial charge in [-0.3, -0.25) is 9.59 Å². The molecule has 0 heterocycles. The van der Waals surface area contributed by atoms with Gasteiger partial charge in [-0.1, -0.05) is 32.9 Å². The Kier molecular flexibility index (Phi) is 4.02. The van der Waals surface area contributed by atoms with Crippen molar-refractivity contribution < 1.29 is 14.4 Å². The van der Waals surface area contributed by atoms with E-state index in [9.17, 15) is 9.59 Å². The summed E-state index contributed by atoms with van der Waals surface area (Å²) in [4.78, 5) is 25.6. The van der Waals surface area contributed by atoms with Crippen LogP contribution in [0.5, 0.6) is 0 Å². The number of carbonyl (C=O) groups excluding carboxylic acids is 2. The molecule has 1 atom stereocenters. The van der Waals surface area contributed by atoms with E-state index in [-0.39, 0.29) is 28.8 Å². The fourth-order valence-corrected chi connectivity index (χ4v) is 2.67. The number of hydrogen-bond donors (Lipinski definition) is 0.